The van der Waals surface area contributed by atoms with Crippen LogP contribution in [-0.4, -0.2) is 46.8 Å². The number of hydrogen-bond acceptors (Lipinski definition) is 4. The van der Waals surface area contributed by atoms with E-state index in [-0.39, 0.29) is 6.42 Å². The van der Waals surface area contributed by atoms with Crippen molar-refractivity contribution in [3.05, 3.63) is 0 Å². The normalized spacial score (nSPS) is 35.9. The van der Waals surface area contributed by atoms with Crippen molar-refractivity contribution in [2.75, 3.05) is 0 Å². The summed E-state index contributed by atoms with van der Waals surface area (Å²) in [5.41, 5.74) is 0. The molecule has 4 atom stereocenters. The van der Waals surface area contributed by atoms with Crippen LogP contribution in [0, 0.1) is 0 Å². The molecule has 0 aromatic rings. The van der Waals surface area contributed by atoms with Gasteiger partial charge in [-0.15, -0.1) is 0 Å². The molecule has 1 aliphatic rings. The summed E-state index contributed by atoms with van der Waals surface area (Å²) in [6.07, 6.45) is -8.71. The molecule has 3 unspecified atom stereocenters. The van der Waals surface area contributed by atoms with Gasteiger partial charge in [-0.05, 0) is 6.92 Å². The Kier molecular flexibility index (Phi) is 3.76. The summed E-state index contributed by atoms with van der Waals surface area (Å²) in [4.78, 5) is 10.6. The molecule has 0 aromatic heterocycles. The summed E-state index contributed by atoms with van der Waals surface area (Å²) in [6.45, 7) is 1.39. The van der Waals surface area contributed by atoms with Gasteiger partial charge in [-0.25, -0.2) is 0 Å². The molecule has 0 saturated carbocycles. The standard InChI is InChI=1S/C8H12F3NO4/c1-3-6(14)4(2-5(13)16-3)12-7(15)8(9,10)11/h3-6,13-14H,2H2,1H3,(H,12,15)/t3?,4?,5-,6?/m1/s1. The molecule has 0 spiro atoms. The monoisotopic (exact) mass is 243 g/mol. The van der Waals surface area contributed by atoms with Gasteiger partial charge in [-0.2, -0.15) is 13.2 Å². The molecule has 1 saturated heterocycles. The average molecular weight is 243 g/mol. The lowest BCUT2D eigenvalue weighted by Gasteiger charge is -2.36. The van der Waals surface area contributed by atoms with Crippen LogP contribution in [0.2, 0.25) is 0 Å². The summed E-state index contributed by atoms with van der Waals surface area (Å²) in [5, 5.41) is 20.2. The lowest BCUT2D eigenvalue weighted by Crippen LogP contribution is -2.56. The third-order valence-electron chi connectivity index (χ3n) is 2.29. The van der Waals surface area contributed by atoms with Crippen LogP contribution in [0.4, 0.5) is 13.2 Å². The maximum atomic E-state index is 11.9. The molecule has 1 fully saturated rings. The van der Waals surface area contributed by atoms with Crippen LogP contribution in [0.5, 0.6) is 0 Å². The zero-order valence-electron chi connectivity index (χ0n) is 8.36. The van der Waals surface area contributed by atoms with Crippen molar-refractivity contribution in [3.63, 3.8) is 0 Å². The Labute approximate surface area is 89.2 Å². The molecule has 1 heterocycles. The molecule has 5 nitrogen and oxygen atoms in total. The van der Waals surface area contributed by atoms with E-state index in [1.165, 1.54) is 6.92 Å². The van der Waals surface area contributed by atoms with Crippen molar-refractivity contribution in [2.45, 2.75) is 44.1 Å². The number of aliphatic hydroxyl groups is 2. The molecular formula is C8H12F3NO4. The van der Waals surface area contributed by atoms with Crippen LogP contribution in [0.1, 0.15) is 13.3 Å². The van der Waals surface area contributed by atoms with Crippen molar-refractivity contribution >= 4 is 5.91 Å². The van der Waals surface area contributed by atoms with Crippen molar-refractivity contribution in [2.24, 2.45) is 0 Å². The first kappa shape index (κ1) is 13.2. The smallest absolute Gasteiger partial charge is 0.388 e. The number of halogens is 3. The van der Waals surface area contributed by atoms with E-state index in [0.29, 0.717) is 0 Å². The highest BCUT2D eigenvalue weighted by molar-refractivity contribution is 5.82. The van der Waals surface area contributed by atoms with E-state index in [4.69, 9.17) is 9.84 Å². The molecule has 1 rings (SSSR count). The van der Waals surface area contributed by atoms with Crippen molar-refractivity contribution in [1.82, 2.24) is 5.32 Å². The zero-order valence-corrected chi connectivity index (χ0v) is 8.36. The van der Waals surface area contributed by atoms with Gasteiger partial charge in [0.25, 0.3) is 0 Å². The Morgan fingerprint density at radius 3 is 2.50 bits per heavy atom. The van der Waals surface area contributed by atoms with Gasteiger partial charge in [0.2, 0.25) is 0 Å². The van der Waals surface area contributed by atoms with Crippen LogP contribution >= 0.6 is 0 Å². The number of nitrogens with one attached hydrogen (secondary N) is 1. The van der Waals surface area contributed by atoms with Gasteiger partial charge in [0.1, 0.15) is 6.10 Å². The number of aliphatic hydroxyl groups excluding tert-OH is 2. The Bertz CT molecular complexity index is 270. The Balaban J connectivity index is 2.62. The van der Waals surface area contributed by atoms with Crippen molar-refractivity contribution < 1.29 is 32.9 Å². The SMILES string of the molecule is CC1O[C@@H](O)CC(NC(=O)C(F)(F)F)C1O. The fourth-order valence-corrected chi connectivity index (χ4v) is 1.46. The third kappa shape index (κ3) is 3.06. The molecule has 0 aromatic carbocycles. The van der Waals surface area contributed by atoms with Gasteiger partial charge in [0.05, 0.1) is 12.1 Å². The fraction of sp³-hybridized carbons (Fsp3) is 0.875. The van der Waals surface area contributed by atoms with Crippen LogP contribution < -0.4 is 5.32 Å². The quantitative estimate of drug-likeness (QED) is 0.581. The number of carbonyl (C=O) groups is 1. The summed E-state index contributed by atoms with van der Waals surface area (Å²) in [5.74, 6) is -2.14. The van der Waals surface area contributed by atoms with Gasteiger partial charge in [0.15, 0.2) is 6.29 Å². The molecule has 16 heavy (non-hydrogen) atoms. The van der Waals surface area contributed by atoms with E-state index in [2.05, 4.69) is 0 Å². The van der Waals surface area contributed by atoms with Crippen LogP contribution in [0.15, 0.2) is 0 Å². The lowest BCUT2D eigenvalue weighted by molar-refractivity contribution is -0.207. The third-order valence-corrected chi connectivity index (χ3v) is 2.29. The van der Waals surface area contributed by atoms with E-state index >= 15 is 0 Å². The van der Waals surface area contributed by atoms with Crippen LogP contribution in [0.25, 0.3) is 0 Å². The molecule has 94 valence electrons. The van der Waals surface area contributed by atoms with Gasteiger partial charge < -0.3 is 20.3 Å². The number of alkyl halides is 3. The average Bonchev–Trinajstić information content (AvgIpc) is 2.11. The largest absolute Gasteiger partial charge is 0.471 e. The topological polar surface area (TPSA) is 78.8 Å². The van der Waals surface area contributed by atoms with Crippen LogP contribution in [0.3, 0.4) is 0 Å². The molecule has 3 N–H and O–H groups in total. The van der Waals surface area contributed by atoms with Gasteiger partial charge in [-0.1, -0.05) is 0 Å². The highest BCUT2D eigenvalue weighted by Crippen LogP contribution is 2.21. The summed E-state index contributed by atoms with van der Waals surface area (Å²) >= 11 is 0. The zero-order chi connectivity index (χ0) is 12.5. The second-order valence-corrected chi connectivity index (χ2v) is 3.60. The molecule has 1 aliphatic heterocycles. The van der Waals surface area contributed by atoms with E-state index in [9.17, 15) is 23.1 Å². The van der Waals surface area contributed by atoms with Crippen molar-refractivity contribution in [3.8, 4) is 0 Å². The first-order valence-corrected chi connectivity index (χ1v) is 4.61. The highest BCUT2D eigenvalue weighted by Gasteiger charge is 2.43. The summed E-state index contributed by atoms with van der Waals surface area (Å²) in [7, 11) is 0. The van der Waals surface area contributed by atoms with Gasteiger partial charge in [-0.3, -0.25) is 4.79 Å². The second-order valence-electron chi connectivity index (χ2n) is 3.60. The molecular weight excluding hydrogens is 231 g/mol. The predicted molar refractivity (Wildman–Crippen MR) is 45.2 cm³/mol. The molecule has 8 heteroatoms. The Hall–Kier alpha value is -0.860. The Morgan fingerprint density at radius 1 is 1.44 bits per heavy atom. The second kappa shape index (κ2) is 4.56. The maximum absolute atomic E-state index is 11.9. The van der Waals surface area contributed by atoms with Gasteiger partial charge >= 0.3 is 12.1 Å². The lowest BCUT2D eigenvalue weighted by atomic mass is 9.99. The fourth-order valence-electron chi connectivity index (χ4n) is 1.46. The van der Waals surface area contributed by atoms with E-state index in [0.717, 1.165) is 0 Å². The summed E-state index contributed by atoms with van der Waals surface area (Å²) < 4.78 is 40.6. The number of carbonyl (C=O) groups excluding carboxylic acids is 1. The van der Waals surface area contributed by atoms with E-state index in [1.54, 1.807) is 5.32 Å². The van der Waals surface area contributed by atoms with E-state index in [1.807, 2.05) is 0 Å². The number of ether oxygens (including phenoxy) is 1. The molecule has 1 amide bonds. The van der Waals surface area contributed by atoms with Crippen molar-refractivity contribution in [1.29, 1.82) is 0 Å². The van der Waals surface area contributed by atoms with Gasteiger partial charge in [0, 0.05) is 6.42 Å². The summed E-state index contributed by atoms with van der Waals surface area (Å²) in [6, 6.07) is -1.17. The van der Waals surface area contributed by atoms with Crippen LogP contribution in [-0.2, 0) is 9.53 Å². The number of hydrogen-bond donors (Lipinski definition) is 3. The minimum absolute atomic E-state index is 0.284. The Morgan fingerprint density at radius 2 is 2.00 bits per heavy atom. The predicted octanol–water partition coefficient (Wildman–Crippen LogP) is -0.478. The highest BCUT2D eigenvalue weighted by atomic mass is 19.4. The first-order chi connectivity index (χ1) is 7.21. The minimum atomic E-state index is -5.01. The van der Waals surface area contributed by atoms with E-state index < -0.39 is 36.6 Å². The first-order valence-electron chi connectivity index (χ1n) is 4.61. The number of amides is 1. The molecule has 0 radical (unpaired) electrons. The molecule has 0 aliphatic carbocycles. The number of rotatable bonds is 1. The molecule has 0 bridgehead atoms. The maximum Gasteiger partial charge on any atom is 0.471 e. The minimum Gasteiger partial charge on any atom is -0.388 e.